The Bertz CT molecular complexity index is 1030. The first-order valence-electron chi connectivity index (χ1n) is 9.89. The van der Waals surface area contributed by atoms with Gasteiger partial charge in [0.25, 0.3) is 0 Å². The first-order chi connectivity index (χ1) is 14.5. The first kappa shape index (κ1) is 24.6. The van der Waals surface area contributed by atoms with Crippen LogP contribution in [0.4, 0.5) is 14.5 Å². The van der Waals surface area contributed by atoms with Crippen molar-refractivity contribution in [3.05, 3.63) is 59.2 Å². The summed E-state index contributed by atoms with van der Waals surface area (Å²) in [6.07, 6.45) is 1.26. The highest BCUT2D eigenvalue weighted by atomic mass is 32.2. The Morgan fingerprint density at radius 1 is 1.10 bits per heavy atom. The minimum absolute atomic E-state index is 0.0111. The van der Waals surface area contributed by atoms with Crippen molar-refractivity contribution in [2.75, 3.05) is 23.7 Å². The molecule has 0 saturated carbocycles. The van der Waals surface area contributed by atoms with Gasteiger partial charge in [-0.15, -0.1) is 0 Å². The number of anilines is 1. The van der Waals surface area contributed by atoms with Crippen molar-refractivity contribution >= 4 is 21.6 Å². The Morgan fingerprint density at radius 2 is 1.81 bits per heavy atom. The number of amides is 1. The molecule has 0 aliphatic rings. The van der Waals surface area contributed by atoms with Crippen LogP contribution in [0.25, 0.3) is 0 Å². The smallest absolute Gasteiger partial charge is 0.232 e. The number of carbonyl (C=O) groups excluding carboxylic acids is 1. The third kappa shape index (κ3) is 7.50. The van der Waals surface area contributed by atoms with Crippen LogP contribution in [0.15, 0.2) is 36.4 Å². The molecule has 31 heavy (non-hydrogen) atoms. The maximum Gasteiger partial charge on any atom is 0.232 e. The summed E-state index contributed by atoms with van der Waals surface area (Å²) in [4.78, 5) is 12.2. The van der Waals surface area contributed by atoms with Gasteiger partial charge in [-0.3, -0.25) is 9.10 Å². The fourth-order valence-corrected chi connectivity index (χ4v) is 3.88. The van der Waals surface area contributed by atoms with Crippen LogP contribution in [-0.2, 0) is 14.8 Å². The molecule has 170 valence electrons. The highest BCUT2D eigenvalue weighted by Crippen LogP contribution is 2.21. The second-order valence-corrected chi connectivity index (χ2v) is 9.47. The van der Waals surface area contributed by atoms with Crippen molar-refractivity contribution in [1.29, 1.82) is 0 Å². The van der Waals surface area contributed by atoms with Gasteiger partial charge in [0.1, 0.15) is 12.4 Å². The summed E-state index contributed by atoms with van der Waals surface area (Å²) >= 11 is 0. The molecule has 2 aromatic rings. The Labute approximate surface area is 182 Å². The molecule has 0 aromatic heterocycles. The lowest BCUT2D eigenvalue weighted by Gasteiger charge is -2.22. The standard InChI is InChI=1S/C22H28F2N2O4S/c1-15-7-9-19(12-16(15)2)30-14-17(3)25-22(27)6-5-11-26(31(4,28)29)18-8-10-20(23)21(24)13-18/h7-10,12-13,17H,5-6,11,14H2,1-4H3,(H,25,27). The number of aryl methyl sites for hydroxylation is 2. The van der Waals surface area contributed by atoms with Gasteiger partial charge in [-0.2, -0.15) is 0 Å². The van der Waals surface area contributed by atoms with Gasteiger partial charge in [0.05, 0.1) is 18.0 Å². The Morgan fingerprint density at radius 3 is 2.42 bits per heavy atom. The van der Waals surface area contributed by atoms with Crippen molar-refractivity contribution in [3.8, 4) is 5.75 Å². The van der Waals surface area contributed by atoms with Crippen LogP contribution < -0.4 is 14.4 Å². The number of nitrogens with zero attached hydrogens (tertiary/aromatic N) is 1. The van der Waals surface area contributed by atoms with Gasteiger partial charge in [-0.1, -0.05) is 6.07 Å². The van der Waals surface area contributed by atoms with Crippen LogP contribution in [0.5, 0.6) is 5.75 Å². The highest BCUT2D eigenvalue weighted by Gasteiger charge is 2.19. The largest absolute Gasteiger partial charge is 0.491 e. The molecular weight excluding hydrogens is 426 g/mol. The summed E-state index contributed by atoms with van der Waals surface area (Å²) in [5, 5.41) is 2.80. The molecule has 0 saturated heterocycles. The minimum Gasteiger partial charge on any atom is -0.491 e. The predicted octanol–water partition coefficient (Wildman–Crippen LogP) is 3.71. The number of nitrogens with one attached hydrogen (secondary N) is 1. The topological polar surface area (TPSA) is 75.7 Å². The molecule has 0 aliphatic heterocycles. The van der Waals surface area contributed by atoms with E-state index in [1.165, 1.54) is 11.6 Å². The van der Waals surface area contributed by atoms with E-state index in [0.29, 0.717) is 6.61 Å². The number of rotatable bonds is 10. The zero-order valence-corrected chi connectivity index (χ0v) is 18.9. The maximum absolute atomic E-state index is 13.5. The second kappa shape index (κ2) is 10.6. The number of benzene rings is 2. The van der Waals surface area contributed by atoms with E-state index < -0.39 is 21.7 Å². The van der Waals surface area contributed by atoms with Crippen LogP contribution in [0.2, 0.25) is 0 Å². The van der Waals surface area contributed by atoms with Crippen molar-refractivity contribution in [2.24, 2.45) is 0 Å². The average Bonchev–Trinajstić information content (AvgIpc) is 2.67. The second-order valence-electron chi connectivity index (χ2n) is 7.56. The predicted molar refractivity (Wildman–Crippen MR) is 117 cm³/mol. The summed E-state index contributed by atoms with van der Waals surface area (Å²) in [5.41, 5.74) is 2.29. The van der Waals surface area contributed by atoms with Crippen LogP contribution in [0.1, 0.15) is 30.9 Å². The quantitative estimate of drug-likeness (QED) is 0.594. The van der Waals surface area contributed by atoms with E-state index in [4.69, 9.17) is 4.74 Å². The molecule has 0 heterocycles. The van der Waals surface area contributed by atoms with Crippen molar-refractivity contribution in [1.82, 2.24) is 5.32 Å². The van der Waals surface area contributed by atoms with Crippen LogP contribution in [0.3, 0.4) is 0 Å². The van der Waals surface area contributed by atoms with E-state index in [1.807, 2.05) is 39.0 Å². The Kier molecular flexibility index (Phi) is 8.38. The molecule has 1 amide bonds. The van der Waals surface area contributed by atoms with E-state index in [2.05, 4.69) is 5.32 Å². The summed E-state index contributed by atoms with van der Waals surface area (Å²) in [6.45, 7) is 6.07. The number of hydrogen-bond donors (Lipinski definition) is 1. The normalized spacial score (nSPS) is 12.3. The summed E-state index contributed by atoms with van der Waals surface area (Å²) in [5.74, 6) is -1.73. The zero-order chi connectivity index (χ0) is 23.2. The lowest BCUT2D eigenvalue weighted by atomic mass is 10.1. The Hall–Kier alpha value is -2.68. The molecule has 1 N–H and O–H groups in total. The fraction of sp³-hybridized carbons (Fsp3) is 0.409. The van der Waals surface area contributed by atoms with Gasteiger partial charge >= 0.3 is 0 Å². The van der Waals surface area contributed by atoms with E-state index >= 15 is 0 Å². The first-order valence-corrected chi connectivity index (χ1v) is 11.7. The van der Waals surface area contributed by atoms with Gasteiger partial charge in [0.2, 0.25) is 15.9 Å². The monoisotopic (exact) mass is 454 g/mol. The van der Waals surface area contributed by atoms with Gasteiger partial charge < -0.3 is 10.1 Å². The van der Waals surface area contributed by atoms with E-state index in [1.54, 1.807) is 0 Å². The molecule has 0 bridgehead atoms. The zero-order valence-electron chi connectivity index (χ0n) is 18.1. The molecular formula is C22H28F2N2O4S. The van der Waals surface area contributed by atoms with E-state index in [9.17, 15) is 22.0 Å². The molecule has 1 unspecified atom stereocenters. The van der Waals surface area contributed by atoms with E-state index in [-0.39, 0.29) is 37.0 Å². The van der Waals surface area contributed by atoms with Crippen LogP contribution in [-0.4, -0.2) is 39.8 Å². The minimum atomic E-state index is -3.72. The third-order valence-electron chi connectivity index (χ3n) is 4.74. The van der Waals surface area contributed by atoms with Crippen molar-refractivity contribution < 1.29 is 26.7 Å². The molecule has 6 nitrogen and oxygen atoms in total. The molecule has 0 radical (unpaired) electrons. The number of halogens is 2. The van der Waals surface area contributed by atoms with Gasteiger partial charge in [0.15, 0.2) is 11.6 Å². The Balaban J connectivity index is 1.84. The number of sulfonamides is 1. The van der Waals surface area contributed by atoms with Crippen LogP contribution >= 0.6 is 0 Å². The van der Waals surface area contributed by atoms with Crippen LogP contribution in [0, 0.1) is 25.5 Å². The molecule has 0 fully saturated rings. The third-order valence-corrected chi connectivity index (χ3v) is 5.94. The molecule has 2 aromatic carbocycles. The molecule has 2 rings (SSSR count). The lowest BCUT2D eigenvalue weighted by Crippen LogP contribution is -2.37. The highest BCUT2D eigenvalue weighted by molar-refractivity contribution is 7.92. The maximum atomic E-state index is 13.5. The molecule has 0 spiro atoms. The fourth-order valence-electron chi connectivity index (χ4n) is 2.92. The number of ether oxygens (including phenoxy) is 1. The summed E-state index contributed by atoms with van der Waals surface area (Å²) < 4.78 is 57.4. The molecule has 0 aliphatic carbocycles. The average molecular weight is 455 g/mol. The molecule has 1 atom stereocenters. The van der Waals surface area contributed by atoms with Gasteiger partial charge in [-0.25, -0.2) is 17.2 Å². The summed E-state index contributed by atoms with van der Waals surface area (Å²) in [6, 6.07) is 8.40. The van der Waals surface area contributed by atoms with Gasteiger partial charge in [0, 0.05) is 19.0 Å². The number of carbonyl (C=O) groups is 1. The summed E-state index contributed by atoms with van der Waals surface area (Å²) in [7, 11) is -3.72. The van der Waals surface area contributed by atoms with E-state index in [0.717, 1.165) is 34.0 Å². The number of hydrogen-bond acceptors (Lipinski definition) is 4. The van der Waals surface area contributed by atoms with Gasteiger partial charge in [-0.05, 0) is 62.6 Å². The lowest BCUT2D eigenvalue weighted by molar-refractivity contribution is -0.121. The SMILES string of the molecule is Cc1ccc(OCC(C)NC(=O)CCCN(c2ccc(F)c(F)c2)S(C)(=O)=O)cc1C. The molecule has 9 heteroatoms. The van der Waals surface area contributed by atoms with Crippen molar-refractivity contribution in [2.45, 2.75) is 39.7 Å². The van der Waals surface area contributed by atoms with Crippen molar-refractivity contribution in [3.63, 3.8) is 0 Å².